The maximum absolute atomic E-state index is 11.7. The van der Waals surface area contributed by atoms with Gasteiger partial charge in [0.2, 0.25) is 0 Å². The lowest BCUT2D eigenvalue weighted by Gasteiger charge is -2.35. The highest BCUT2D eigenvalue weighted by Crippen LogP contribution is 2.16. The number of hydroxylamine groups is 2. The molecule has 3 N–H and O–H groups in total. The lowest BCUT2D eigenvalue weighted by atomic mass is 10.3. The van der Waals surface area contributed by atoms with Crippen molar-refractivity contribution in [3.63, 3.8) is 0 Å². The normalized spacial score (nSPS) is 27.7. The fourth-order valence-electron chi connectivity index (χ4n) is 1.42. The van der Waals surface area contributed by atoms with Gasteiger partial charge in [0.25, 0.3) is 5.91 Å². The largest absolute Gasteiger partial charge is 0.394 e. The summed E-state index contributed by atoms with van der Waals surface area (Å²) in [5.41, 5.74) is 0.0447. The second-order valence-corrected chi connectivity index (χ2v) is 3.84. The maximum atomic E-state index is 11.7. The fourth-order valence-corrected chi connectivity index (χ4v) is 1.42. The number of amidine groups is 1. The zero-order valence-electron chi connectivity index (χ0n) is 9.86. The van der Waals surface area contributed by atoms with Crippen LogP contribution in [-0.4, -0.2) is 64.8 Å². The number of hydrogen-bond donors (Lipinski definition) is 3. The van der Waals surface area contributed by atoms with Gasteiger partial charge in [-0.25, -0.2) is 9.98 Å². The Morgan fingerprint density at radius 2 is 2.39 bits per heavy atom. The molecule has 2 unspecified atom stereocenters. The van der Waals surface area contributed by atoms with Crippen LogP contribution in [0.1, 0.15) is 6.92 Å². The number of carbonyl (C=O) groups is 1. The van der Waals surface area contributed by atoms with Crippen LogP contribution >= 0.6 is 0 Å². The van der Waals surface area contributed by atoms with Crippen LogP contribution in [0.2, 0.25) is 0 Å². The Labute approximate surface area is 102 Å². The first-order valence-corrected chi connectivity index (χ1v) is 5.23. The van der Waals surface area contributed by atoms with E-state index in [-0.39, 0.29) is 18.2 Å². The fraction of sp³-hybridized carbons (Fsp3) is 0.556. The second-order valence-electron chi connectivity index (χ2n) is 3.84. The summed E-state index contributed by atoms with van der Waals surface area (Å²) in [6.07, 6.45) is 0.620. The van der Waals surface area contributed by atoms with Crippen molar-refractivity contribution in [2.45, 2.75) is 19.0 Å². The number of fused-ring (bicyclic) bond motifs is 1. The molecular weight excluding hydrogens is 242 g/mol. The SMILES string of the molecule is CC(CO)ON(C)C1(O)N=C2N=CN=C2C(=O)N1. The van der Waals surface area contributed by atoms with Crippen LogP contribution in [0.4, 0.5) is 0 Å². The van der Waals surface area contributed by atoms with Crippen LogP contribution in [0, 0.1) is 0 Å². The van der Waals surface area contributed by atoms with Gasteiger partial charge in [-0.2, -0.15) is 4.99 Å². The van der Waals surface area contributed by atoms with Crippen molar-refractivity contribution in [2.24, 2.45) is 15.0 Å². The summed E-state index contributed by atoms with van der Waals surface area (Å²) in [6.45, 7) is 1.36. The number of aliphatic hydroxyl groups is 2. The number of nitrogens with one attached hydrogen (secondary N) is 1. The maximum Gasteiger partial charge on any atom is 0.326 e. The van der Waals surface area contributed by atoms with Crippen LogP contribution in [0.5, 0.6) is 0 Å². The molecule has 9 heteroatoms. The smallest absolute Gasteiger partial charge is 0.326 e. The molecule has 0 bridgehead atoms. The predicted molar refractivity (Wildman–Crippen MR) is 61.9 cm³/mol. The van der Waals surface area contributed by atoms with Crippen molar-refractivity contribution < 1.29 is 19.8 Å². The first-order chi connectivity index (χ1) is 8.46. The molecule has 0 aliphatic carbocycles. The minimum Gasteiger partial charge on any atom is -0.394 e. The number of nitrogens with zero attached hydrogens (tertiary/aromatic N) is 4. The Hall–Kier alpha value is -1.68. The zero-order chi connectivity index (χ0) is 13.3. The summed E-state index contributed by atoms with van der Waals surface area (Å²) in [7, 11) is 1.37. The molecule has 0 aromatic rings. The Bertz CT molecular complexity index is 460. The molecule has 98 valence electrons. The molecule has 2 heterocycles. The lowest BCUT2D eigenvalue weighted by Crippen LogP contribution is -2.63. The predicted octanol–water partition coefficient (Wildman–Crippen LogP) is -2.15. The Morgan fingerprint density at radius 1 is 1.67 bits per heavy atom. The minimum absolute atomic E-state index is 0.0355. The molecule has 0 saturated heterocycles. The molecule has 2 aliphatic heterocycles. The van der Waals surface area contributed by atoms with Crippen molar-refractivity contribution in [3.05, 3.63) is 0 Å². The lowest BCUT2D eigenvalue weighted by molar-refractivity contribution is -0.307. The van der Waals surface area contributed by atoms with E-state index in [1.165, 1.54) is 13.4 Å². The summed E-state index contributed by atoms with van der Waals surface area (Å²) in [6, 6.07) is 0. The molecule has 0 aromatic carbocycles. The third-order valence-corrected chi connectivity index (χ3v) is 2.37. The summed E-state index contributed by atoms with van der Waals surface area (Å²) in [5.74, 6) is -2.64. The van der Waals surface area contributed by atoms with E-state index in [2.05, 4.69) is 20.3 Å². The molecule has 0 spiro atoms. The molecule has 0 saturated carbocycles. The van der Waals surface area contributed by atoms with Crippen LogP contribution < -0.4 is 5.32 Å². The van der Waals surface area contributed by atoms with E-state index in [0.29, 0.717) is 0 Å². The Morgan fingerprint density at radius 3 is 3.06 bits per heavy atom. The molecule has 2 rings (SSSR count). The van der Waals surface area contributed by atoms with Crippen molar-refractivity contribution in [1.82, 2.24) is 10.4 Å². The number of amides is 1. The monoisotopic (exact) mass is 255 g/mol. The molecule has 18 heavy (non-hydrogen) atoms. The molecule has 9 nitrogen and oxygen atoms in total. The summed E-state index contributed by atoms with van der Waals surface area (Å²) in [5, 5.41) is 22.2. The van der Waals surface area contributed by atoms with Gasteiger partial charge < -0.3 is 10.2 Å². The summed E-state index contributed by atoms with van der Waals surface area (Å²) < 4.78 is 0. The average molecular weight is 255 g/mol. The number of aliphatic hydroxyl groups excluding tert-OH is 1. The summed E-state index contributed by atoms with van der Waals surface area (Å²) in [4.78, 5) is 28.1. The summed E-state index contributed by atoms with van der Waals surface area (Å²) >= 11 is 0. The van der Waals surface area contributed by atoms with Crippen molar-refractivity contribution in [2.75, 3.05) is 13.7 Å². The topological polar surface area (TPSA) is 119 Å². The number of carbonyl (C=O) groups excluding carboxylic acids is 1. The van der Waals surface area contributed by atoms with E-state index in [1.54, 1.807) is 6.92 Å². The third-order valence-electron chi connectivity index (χ3n) is 2.37. The highest BCUT2D eigenvalue weighted by atomic mass is 16.7. The molecule has 2 aliphatic rings. The van der Waals surface area contributed by atoms with Crippen LogP contribution in [-0.2, 0) is 9.63 Å². The van der Waals surface area contributed by atoms with Crippen LogP contribution in [0.25, 0.3) is 0 Å². The quantitative estimate of drug-likeness (QED) is 0.390. The van der Waals surface area contributed by atoms with Gasteiger partial charge in [-0.05, 0) is 6.92 Å². The standard InChI is InChI=1S/C9H13N5O4/c1-5(3-15)18-14(2)9(17)12-7-6(8(16)13-9)10-4-11-7/h4-5,15,17H,3H2,1-2H3,(H,13,16). The van der Waals surface area contributed by atoms with Gasteiger partial charge in [-0.1, -0.05) is 0 Å². The van der Waals surface area contributed by atoms with Crippen molar-refractivity contribution in [1.29, 1.82) is 0 Å². The first kappa shape index (κ1) is 12.8. The first-order valence-electron chi connectivity index (χ1n) is 5.23. The highest BCUT2D eigenvalue weighted by molar-refractivity contribution is 6.69. The number of hydrogen-bond acceptors (Lipinski definition) is 8. The molecule has 1 amide bonds. The van der Waals surface area contributed by atoms with Crippen LogP contribution in [0.15, 0.2) is 15.0 Å². The van der Waals surface area contributed by atoms with Crippen LogP contribution in [0.3, 0.4) is 0 Å². The second kappa shape index (κ2) is 4.53. The van der Waals surface area contributed by atoms with Gasteiger partial charge in [0.1, 0.15) is 6.34 Å². The highest BCUT2D eigenvalue weighted by Gasteiger charge is 2.43. The van der Waals surface area contributed by atoms with Gasteiger partial charge in [0.15, 0.2) is 11.5 Å². The molecular formula is C9H13N5O4. The zero-order valence-corrected chi connectivity index (χ0v) is 9.86. The molecule has 0 fully saturated rings. The van der Waals surface area contributed by atoms with E-state index in [9.17, 15) is 9.90 Å². The van der Waals surface area contributed by atoms with Gasteiger partial charge >= 0.3 is 5.97 Å². The van der Waals surface area contributed by atoms with E-state index >= 15 is 0 Å². The average Bonchev–Trinajstić information content (AvgIpc) is 2.76. The molecule has 0 radical (unpaired) electrons. The minimum atomic E-state index is -2.07. The third kappa shape index (κ3) is 2.16. The Balaban J connectivity index is 2.21. The van der Waals surface area contributed by atoms with Crippen molar-refractivity contribution >= 4 is 23.8 Å². The molecule has 0 aromatic heterocycles. The molecule has 2 atom stereocenters. The van der Waals surface area contributed by atoms with E-state index in [0.717, 1.165) is 5.06 Å². The Kier molecular flexibility index (Phi) is 3.22. The van der Waals surface area contributed by atoms with E-state index in [1.807, 2.05) is 0 Å². The van der Waals surface area contributed by atoms with E-state index < -0.39 is 18.0 Å². The van der Waals surface area contributed by atoms with Gasteiger partial charge in [-0.3, -0.25) is 14.9 Å². The van der Waals surface area contributed by atoms with Gasteiger partial charge in [0, 0.05) is 7.05 Å². The number of rotatable bonds is 4. The number of aliphatic imine (C=N–C) groups is 3. The van der Waals surface area contributed by atoms with E-state index in [4.69, 9.17) is 9.94 Å². The van der Waals surface area contributed by atoms with Gasteiger partial charge in [-0.15, -0.1) is 5.06 Å². The van der Waals surface area contributed by atoms with Crippen molar-refractivity contribution in [3.8, 4) is 0 Å². The van der Waals surface area contributed by atoms with Gasteiger partial charge in [0.05, 0.1) is 12.7 Å².